The predicted molar refractivity (Wildman–Crippen MR) is 104 cm³/mol. The molecule has 0 spiro atoms. The summed E-state index contributed by atoms with van der Waals surface area (Å²) in [4.78, 5) is 14.0. The predicted octanol–water partition coefficient (Wildman–Crippen LogP) is 3.17. The van der Waals surface area contributed by atoms with E-state index >= 15 is 0 Å². The summed E-state index contributed by atoms with van der Waals surface area (Å²) in [5.41, 5.74) is 0.841. The Morgan fingerprint density at radius 3 is 2.62 bits per heavy atom. The molecule has 142 valence electrons. The van der Waals surface area contributed by atoms with E-state index in [0.717, 1.165) is 42.5 Å². The van der Waals surface area contributed by atoms with Crippen LogP contribution in [0.2, 0.25) is 0 Å². The number of hydrogen-bond donors (Lipinski definition) is 1. The van der Waals surface area contributed by atoms with Crippen LogP contribution in [-0.2, 0) is 9.84 Å². The average molecular weight is 377 g/mol. The Bertz CT molecular complexity index is 851. The third kappa shape index (κ3) is 3.72. The number of H-pyrrole nitrogens is 1. The Labute approximate surface area is 155 Å². The fourth-order valence-corrected chi connectivity index (χ4v) is 6.78. The van der Waals surface area contributed by atoms with Crippen molar-refractivity contribution in [3.63, 3.8) is 0 Å². The summed E-state index contributed by atoms with van der Waals surface area (Å²) in [6.07, 6.45) is 11.2. The number of sulfone groups is 1. The van der Waals surface area contributed by atoms with E-state index in [4.69, 9.17) is 0 Å². The zero-order chi connectivity index (χ0) is 18.1. The first-order valence-corrected chi connectivity index (χ1v) is 11.6. The maximum atomic E-state index is 12.6. The lowest BCUT2D eigenvalue weighted by atomic mass is 9.81. The summed E-state index contributed by atoms with van der Waals surface area (Å²) < 4.78 is 25.1. The topological polar surface area (TPSA) is 79.0 Å². The number of anilines is 1. The summed E-state index contributed by atoms with van der Waals surface area (Å²) in [5, 5.41) is 1.02. The average Bonchev–Trinajstić information content (AvgIpc) is 3.06. The van der Waals surface area contributed by atoms with Crippen LogP contribution < -0.4 is 4.90 Å². The molecule has 0 atom stereocenters. The molecule has 6 nitrogen and oxygen atoms in total. The molecule has 0 bridgehead atoms. The van der Waals surface area contributed by atoms with Crippen LogP contribution in [0, 0.1) is 11.8 Å². The van der Waals surface area contributed by atoms with Crippen LogP contribution in [0.4, 0.5) is 5.82 Å². The van der Waals surface area contributed by atoms with Gasteiger partial charge < -0.3 is 9.88 Å². The normalized spacial score (nSPS) is 24.5. The smallest absolute Gasteiger partial charge is 0.150 e. The second kappa shape index (κ2) is 7.18. The molecule has 2 aliphatic carbocycles. The molecule has 2 aromatic heterocycles. The number of hydrogen-bond acceptors (Lipinski definition) is 5. The molecular weight excluding hydrogens is 348 g/mol. The lowest BCUT2D eigenvalue weighted by Crippen LogP contribution is -2.45. The first kappa shape index (κ1) is 17.8. The molecule has 1 N–H and O–H groups in total. The molecule has 0 amide bonds. The van der Waals surface area contributed by atoms with Crippen LogP contribution in [0.5, 0.6) is 0 Å². The van der Waals surface area contributed by atoms with Gasteiger partial charge in [-0.2, -0.15) is 0 Å². The lowest BCUT2D eigenvalue weighted by Gasteiger charge is -2.42. The van der Waals surface area contributed by atoms with Gasteiger partial charge in [0.15, 0.2) is 9.84 Å². The molecule has 2 aromatic rings. The van der Waals surface area contributed by atoms with Gasteiger partial charge in [-0.25, -0.2) is 18.4 Å². The van der Waals surface area contributed by atoms with Crippen LogP contribution in [0.15, 0.2) is 18.6 Å². The van der Waals surface area contributed by atoms with Gasteiger partial charge in [0.25, 0.3) is 0 Å². The van der Waals surface area contributed by atoms with Gasteiger partial charge in [0.1, 0.15) is 17.8 Å². The largest absolute Gasteiger partial charge is 0.356 e. The summed E-state index contributed by atoms with van der Waals surface area (Å²) in [6, 6.07) is 2.35. The molecular formula is C19H28N4O2S. The van der Waals surface area contributed by atoms with Crippen LogP contribution in [0.25, 0.3) is 11.0 Å². The van der Waals surface area contributed by atoms with Gasteiger partial charge in [-0.15, -0.1) is 0 Å². The quantitative estimate of drug-likeness (QED) is 0.838. The van der Waals surface area contributed by atoms with E-state index in [1.54, 1.807) is 6.33 Å². The minimum Gasteiger partial charge on any atom is -0.356 e. The maximum absolute atomic E-state index is 12.6. The van der Waals surface area contributed by atoms with Crippen molar-refractivity contribution >= 4 is 26.7 Å². The van der Waals surface area contributed by atoms with E-state index in [9.17, 15) is 8.42 Å². The molecule has 0 radical (unpaired) electrons. The van der Waals surface area contributed by atoms with Gasteiger partial charge >= 0.3 is 0 Å². The Kier molecular flexibility index (Phi) is 4.90. The maximum Gasteiger partial charge on any atom is 0.150 e. The van der Waals surface area contributed by atoms with Gasteiger partial charge in [-0.3, -0.25) is 0 Å². The van der Waals surface area contributed by atoms with Gasteiger partial charge in [-0.1, -0.05) is 19.3 Å². The summed E-state index contributed by atoms with van der Waals surface area (Å²) >= 11 is 0. The van der Waals surface area contributed by atoms with Crippen LogP contribution >= 0.6 is 0 Å². The molecule has 0 unspecified atom stereocenters. The zero-order valence-corrected chi connectivity index (χ0v) is 16.2. The molecule has 2 fully saturated rings. The Hall–Kier alpha value is -1.63. The molecule has 4 rings (SSSR count). The molecule has 0 saturated heterocycles. The van der Waals surface area contributed by atoms with Crippen molar-refractivity contribution in [3.8, 4) is 0 Å². The summed E-state index contributed by atoms with van der Waals surface area (Å²) in [7, 11) is -0.882. The number of aromatic nitrogens is 3. The highest BCUT2D eigenvalue weighted by Gasteiger charge is 2.36. The molecule has 26 heavy (non-hydrogen) atoms. The second-order valence-corrected chi connectivity index (χ2v) is 10.3. The summed E-state index contributed by atoms with van der Waals surface area (Å²) in [6.45, 7) is 0. The molecule has 7 heteroatoms. The number of fused-ring (bicyclic) bond motifs is 1. The molecule has 2 heterocycles. The van der Waals surface area contributed by atoms with Crippen molar-refractivity contribution in [2.75, 3.05) is 23.5 Å². The van der Waals surface area contributed by atoms with E-state index in [1.165, 1.54) is 19.3 Å². The lowest BCUT2D eigenvalue weighted by molar-refractivity contribution is 0.281. The molecule has 0 aromatic carbocycles. The van der Waals surface area contributed by atoms with Crippen molar-refractivity contribution in [1.29, 1.82) is 0 Å². The summed E-state index contributed by atoms with van der Waals surface area (Å²) in [5.74, 6) is 2.37. The van der Waals surface area contributed by atoms with Crippen molar-refractivity contribution in [1.82, 2.24) is 15.0 Å². The highest BCUT2D eigenvalue weighted by atomic mass is 32.2. The Balaban J connectivity index is 1.32. The van der Waals surface area contributed by atoms with Crippen molar-refractivity contribution in [3.05, 3.63) is 18.6 Å². The number of rotatable bonds is 6. The van der Waals surface area contributed by atoms with E-state index in [0.29, 0.717) is 29.4 Å². The molecule has 2 aliphatic rings. The minimum absolute atomic E-state index is 0.291. The number of nitrogens with zero attached hydrogens (tertiary/aromatic N) is 3. The molecule has 0 aliphatic heterocycles. The highest BCUT2D eigenvalue weighted by Crippen LogP contribution is 2.36. The van der Waals surface area contributed by atoms with Crippen molar-refractivity contribution in [2.45, 2.75) is 51.0 Å². The van der Waals surface area contributed by atoms with E-state index in [1.807, 2.05) is 19.3 Å². The van der Waals surface area contributed by atoms with Gasteiger partial charge in [0.05, 0.1) is 16.9 Å². The monoisotopic (exact) mass is 376 g/mol. The van der Waals surface area contributed by atoms with Gasteiger partial charge in [0.2, 0.25) is 0 Å². The van der Waals surface area contributed by atoms with E-state index in [-0.39, 0.29) is 0 Å². The van der Waals surface area contributed by atoms with Gasteiger partial charge in [-0.05, 0) is 43.6 Å². The van der Waals surface area contributed by atoms with Crippen molar-refractivity contribution in [2.24, 2.45) is 11.8 Å². The van der Waals surface area contributed by atoms with E-state index < -0.39 is 9.84 Å². The first-order valence-electron chi connectivity index (χ1n) is 9.73. The first-order chi connectivity index (χ1) is 12.5. The van der Waals surface area contributed by atoms with Crippen LogP contribution in [0.1, 0.15) is 44.9 Å². The third-order valence-electron chi connectivity index (χ3n) is 6.13. The Morgan fingerprint density at radius 2 is 1.85 bits per heavy atom. The standard InChI is InChI=1S/C19H28N4O2S/c1-23(19-17-7-8-20-18(17)21-13-22-19)16-9-15(10-16)12-26(24,25)11-14-5-3-2-4-6-14/h7-8,13-16H,2-6,9-12H2,1H3,(H,20,21,22). The van der Waals surface area contributed by atoms with Crippen LogP contribution in [0.3, 0.4) is 0 Å². The van der Waals surface area contributed by atoms with E-state index in [2.05, 4.69) is 19.9 Å². The Morgan fingerprint density at radius 1 is 1.12 bits per heavy atom. The fourth-order valence-electron chi connectivity index (χ4n) is 4.61. The number of aromatic amines is 1. The SMILES string of the molecule is CN(c1ncnc2[nH]ccc12)C1CC(CS(=O)(=O)CC2CCCCC2)C1. The van der Waals surface area contributed by atoms with Crippen LogP contribution in [-0.4, -0.2) is 48.0 Å². The fraction of sp³-hybridized carbons (Fsp3) is 0.684. The van der Waals surface area contributed by atoms with Gasteiger partial charge in [0, 0.05) is 19.3 Å². The minimum atomic E-state index is -2.93. The zero-order valence-electron chi connectivity index (χ0n) is 15.4. The second-order valence-electron chi connectivity index (χ2n) is 8.12. The highest BCUT2D eigenvalue weighted by molar-refractivity contribution is 7.91. The molecule has 2 saturated carbocycles. The van der Waals surface area contributed by atoms with Crippen molar-refractivity contribution < 1.29 is 8.42 Å². The number of nitrogens with one attached hydrogen (secondary N) is 1. The third-order valence-corrected chi connectivity index (χ3v) is 8.09.